The molecule has 1 N–H and O–H groups in total. The van der Waals surface area contributed by atoms with Crippen molar-refractivity contribution >= 4 is 11.6 Å². The van der Waals surface area contributed by atoms with Gasteiger partial charge in [-0.05, 0) is 29.7 Å². The van der Waals surface area contributed by atoms with Crippen LogP contribution in [0.1, 0.15) is 45.7 Å². The van der Waals surface area contributed by atoms with Gasteiger partial charge in [0.15, 0.2) is 0 Å². The van der Waals surface area contributed by atoms with E-state index in [0.29, 0.717) is 10.6 Å². The summed E-state index contributed by atoms with van der Waals surface area (Å²) in [5, 5.41) is 10.3. The average molecular weight is 369 g/mol. The monoisotopic (exact) mass is 368 g/mol. The molecule has 0 aromatic heterocycles. The summed E-state index contributed by atoms with van der Waals surface area (Å²) in [5.74, 6) is -0.818. The molecule has 0 radical (unpaired) electrons. The Hall–Kier alpha value is -1.81. The van der Waals surface area contributed by atoms with Crippen LogP contribution in [0.2, 0.25) is 5.02 Å². The Balaban J connectivity index is 2.40. The summed E-state index contributed by atoms with van der Waals surface area (Å²) in [6, 6.07) is 6.90. The number of phenolic OH excluding ortho intramolecular Hbond substituents is 1. The van der Waals surface area contributed by atoms with E-state index in [1.54, 1.807) is 13.8 Å². The first-order valence-electron chi connectivity index (χ1n) is 8.04. The second-order valence-corrected chi connectivity index (χ2v) is 8.20. The first-order valence-corrected chi connectivity index (χ1v) is 8.42. The zero-order chi connectivity index (χ0) is 19.0. The fraction of sp³-hybridized carbons (Fsp3) is 0.400. The van der Waals surface area contributed by atoms with Crippen LogP contribution in [0, 0.1) is 11.6 Å². The Morgan fingerprint density at radius 1 is 0.960 bits per heavy atom. The van der Waals surface area contributed by atoms with E-state index in [4.69, 9.17) is 16.3 Å². The van der Waals surface area contributed by atoms with E-state index < -0.39 is 22.5 Å². The molecule has 5 heteroatoms. The Labute approximate surface area is 152 Å². The van der Waals surface area contributed by atoms with E-state index in [1.165, 1.54) is 30.3 Å². The number of benzene rings is 2. The van der Waals surface area contributed by atoms with Crippen LogP contribution in [0.5, 0.6) is 11.5 Å². The van der Waals surface area contributed by atoms with Crippen molar-refractivity contribution in [2.75, 3.05) is 6.61 Å². The molecule has 2 nitrogen and oxygen atoms in total. The lowest BCUT2D eigenvalue weighted by atomic mass is 9.84. The predicted octanol–water partition coefficient (Wildman–Crippen LogP) is 5.98. The molecule has 0 aliphatic heterocycles. The van der Waals surface area contributed by atoms with E-state index in [9.17, 15) is 13.9 Å². The minimum absolute atomic E-state index is 0.0216. The summed E-state index contributed by atoms with van der Waals surface area (Å²) in [6.45, 7) is 9.10. The molecule has 2 rings (SSSR count). The van der Waals surface area contributed by atoms with Gasteiger partial charge >= 0.3 is 0 Å². The second-order valence-electron chi connectivity index (χ2n) is 7.79. The van der Waals surface area contributed by atoms with Crippen molar-refractivity contribution in [2.24, 2.45) is 0 Å². The molecule has 0 fully saturated rings. The van der Waals surface area contributed by atoms with Crippen molar-refractivity contribution in [3.05, 3.63) is 58.1 Å². The van der Waals surface area contributed by atoms with Crippen LogP contribution >= 0.6 is 11.6 Å². The molecule has 2 aromatic carbocycles. The summed E-state index contributed by atoms with van der Waals surface area (Å²) in [6.07, 6.45) is 0. The Morgan fingerprint density at radius 3 is 2.12 bits per heavy atom. The lowest BCUT2D eigenvalue weighted by Gasteiger charge is -2.29. The molecule has 0 atom stereocenters. The first-order chi connectivity index (χ1) is 11.4. The molecule has 0 unspecified atom stereocenters. The highest BCUT2D eigenvalue weighted by atomic mass is 35.5. The van der Waals surface area contributed by atoms with Crippen LogP contribution in [0.3, 0.4) is 0 Å². The summed E-state index contributed by atoms with van der Waals surface area (Å²) < 4.78 is 34.4. The minimum Gasteiger partial charge on any atom is -0.508 e. The topological polar surface area (TPSA) is 29.5 Å². The van der Waals surface area contributed by atoms with Crippen molar-refractivity contribution in [1.29, 1.82) is 0 Å². The molecule has 0 amide bonds. The average Bonchev–Trinajstić information content (AvgIpc) is 2.46. The van der Waals surface area contributed by atoms with Gasteiger partial charge in [0.05, 0.1) is 11.6 Å². The zero-order valence-electron chi connectivity index (χ0n) is 15.1. The van der Waals surface area contributed by atoms with Gasteiger partial charge in [-0.25, -0.2) is 8.78 Å². The number of ether oxygens (including phenoxy) is 1. The van der Waals surface area contributed by atoms with Gasteiger partial charge in [-0.2, -0.15) is 0 Å². The molecule has 136 valence electrons. The van der Waals surface area contributed by atoms with Crippen molar-refractivity contribution in [3.8, 4) is 11.5 Å². The van der Waals surface area contributed by atoms with Crippen molar-refractivity contribution in [2.45, 2.75) is 45.4 Å². The molecule has 0 aliphatic rings. The van der Waals surface area contributed by atoms with Gasteiger partial charge in [-0.1, -0.05) is 52.3 Å². The van der Waals surface area contributed by atoms with Gasteiger partial charge in [-0.15, -0.1) is 0 Å². The third-order valence-electron chi connectivity index (χ3n) is 4.05. The lowest BCUT2D eigenvalue weighted by molar-refractivity contribution is 0.227. The van der Waals surface area contributed by atoms with Crippen LogP contribution in [0.25, 0.3) is 0 Å². The van der Waals surface area contributed by atoms with Gasteiger partial charge < -0.3 is 9.84 Å². The highest BCUT2D eigenvalue weighted by Gasteiger charge is 2.31. The molecule has 0 saturated heterocycles. The summed E-state index contributed by atoms with van der Waals surface area (Å²) in [5.41, 5.74) is -0.845. The quantitative estimate of drug-likeness (QED) is 0.719. The maximum atomic E-state index is 14.4. The molecule has 25 heavy (non-hydrogen) atoms. The number of halogens is 3. The predicted molar refractivity (Wildman–Crippen MR) is 96.7 cm³/mol. The first kappa shape index (κ1) is 19.5. The highest BCUT2D eigenvalue weighted by molar-refractivity contribution is 6.32. The molecule has 2 aromatic rings. The molecule has 0 bridgehead atoms. The van der Waals surface area contributed by atoms with Crippen molar-refractivity contribution < 1.29 is 18.6 Å². The second kappa shape index (κ2) is 6.83. The van der Waals surface area contributed by atoms with Crippen LogP contribution in [0.4, 0.5) is 8.78 Å². The van der Waals surface area contributed by atoms with E-state index in [2.05, 4.69) is 0 Å². The van der Waals surface area contributed by atoms with Crippen LogP contribution < -0.4 is 4.74 Å². The van der Waals surface area contributed by atoms with Crippen molar-refractivity contribution in [1.82, 2.24) is 0 Å². The normalized spacial score (nSPS) is 12.3. The molecular formula is C20H23ClF2O2. The maximum Gasteiger partial charge on any atom is 0.144 e. The van der Waals surface area contributed by atoms with Gasteiger partial charge in [0, 0.05) is 16.5 Å². The smallest absolute Gasteiger partial charge is 0.144 e. The Kier molecular flexibility index (Phi) is 5.33. The third-order valence-corrected chi connectivity index (χ3v) is 4.35. The summed E-state index contributed by atoms with van der Waals surface area (Å²) >= 11 is 6.23. The largest absolute Gasteiger partial charge is 0.508 e. The molecule has 0 aliphatic carbocycles. The molecule has 0 saturated carbocycles. The van der Waals surface area contributed by atoms with E-state index in [0.717, 1.165) is 0 Å². The number of phenols is 1. The van der Waals surface area contributed by atoms with Crippen LogP contribution in [0.15, 0.2) is 30.3 Å². The summed E-state index contributed by atoms with van der Waals surface area (Å²) in [4.78, 5) is 0. The zero-order valence-corrected chi connectivity index (χ0v) is 15.8. The molecule has 0 spiro atoms. The number of hydrogen-bond acceptors (Lipinski definition) is 2. The standard InChI is InChI=1S/C20H23ClF2O2/c1-19(2,3)17-14(23)10-9-12(21)18(17)25-11-20(4,5)16-13(22)7-6-8-15(16)24/h6-10,24H,11H2,1-5H3. The lowest BCUT2D eigenvalue weighted by Crippen LogP contribution is -2.28. The van der Waals surface area contributed by atoms with Crippen LogP contribution in [-0.2, 0) is 10.8 Å². The number of rotatable bonds is 4. The Bertz CT molecular complexity index is 760. The van der Waals surface area contributed by atoms with Crippen molar-refractivity contribution in [3.63, 3.8) is 0 Å². The van der Waals surface area contributed by atoms with Gasteiger partial charge in [0.1, 0.15) is 23.1 Å². The third kappa shape index (κ3) is 4.06. The van der Waals surface area contributed by atoms with Gasteiger partial charge in [0.2, 0.25) is 0 Å². The molecule has 0 heterocycles. The molecular weight excluding hydrogens is 346 g/mol. The van der Waals surface area contributed by atoms with Gasteiger partial charge in [-0.3, -0.25) is 0 Å². The van der Waals surface area contributed by atoms with E-state index in [1.807, 2.05) is 20.8 Å². The van der Waals surface area contributed by atoms with Gasteiger partial charge in [0.25, 0.3) is 0 Å². The maximum absolute atomic E-state index is 14.4. The summed E-state index contributed by atoms with van der Waals surface area (Å²) in [7, 11) is 0. The minimum atomic E-state index is -0.847. The highest BCUT2D eigenvalue weighted by Crippen LogP contribution is 2.40. The number of hydrogen-bond donors (Lipinski definition) is 1. The van der Waals surface area contributed by atoms with Crippen LogP contribution in [-0.4, -0.2) is 11.7 Å². The number of aromatic hydroxyl groups is 1. The Morgan fingerprint density at radius 2 is 1.56 bits per heavy atom. The van der Waals surface area contributed by atoms with E-state index in [-0.39, 0.29) is 23.7 Å². The SMILES string of the molecule is CC(C)(C)c1c(F)ccc(Cl)c1OCC(C)(C)c1c(O)cccc1F. The fourth-order valence-electron chi connectivity index (χ4n) is 2.88. The fourth-order valence-corrected chi connectivity index (χ4v) is 3.09. The van der Waals surface area contributed by atoms with E-state index >= 15 is 0 Å².